The summed E-state index contributed by atoms with van der Waals surface area (Å²) in [6.45, 7) is 2.10. The fourth-order valence-electron chi connectivity index (χ4n) is 1.46. The molecule has 0 fully saturated rings. The van der Waals surface area contributed by atoms with Crippen LogP contribution in [0.3, 0.4) is 0 Å². The number of benzene rings is 1. The summed E-state index contributed by atoms with van der Waals surface area (Å²) in [4.78, 5) is 15.7. The Kier molecular flexibility index (Phi) is 4.52. The first kappa shape index (κ1) is 13.5. The third kappa shape index (κ3) is 3.79. The van der Waals surface area contributed by atoms with Crippen molar-refractivity contribution in [2.24, 2.45) is 0 Å². The molecule has 0 spiro atoms. The Morgan fingerprint density at radius 2 is 2.16 bits per heavy atom. The molecular formula is C14H12BrNO3. The highest BCUT2D eigenvalue weighted by atomic mass is 79.9. The fraction of sp³-hybridized carbons (Fsp3) is 0.143. The van der Waals surface area contributed by atoms with E-state index >= 15 is 0 Å². The van der Waals surface area contributed by atoms with E-state index in [0.717, 1.165) is 4.47 Å². The van der Waals surface area contributed by atoms with Crippen LogP contribution in [0.2, 0.25) is 0 Å². The van der Waals surface area contributed by atoms with Crippen LogP contribution in [0.25, 0.3) is 0 Å². The van der Waals surface area contributed by atoms with Crippen molar-refractivity contribution in [1.82, 2.24) is 4.98 Å². The van der Waals surface area contributed by atoms with Crippen molar-refractivity contribution in [3.8, 4) is 11.6 Å². The molecule has 0 radical (unpaired) electrons. The molecule has 0 aliphatic rings. The zero-order valence-electron chi connectivity index (χ0n) is 10.3. The maximum absolute atomic E-state index is 11.6. The molecule has 0 aliphatic carbocycles. The van der Waals surface area contributed by atoms with Gasteiger partial charge in [0.05, 0.1) is 12.2 Å². The second kappa shape index (κ2) is 6.33. The SMILES string of the molecule is CCOC(=O)c1ccnc(Oc2cccc(Br)c2)c1. The van der Waals surface area contributed by atoms with Gasteiger partial charge in [0.2, 0.25) is 5.88 Å². The summed E-state index contributed by atoms with van der Waals surface area (Å²) in [5.41, 5.74) is 0.418. The van der Waals surface area contributed by atoms with Gasteiger partial charge in [0, 0.05) is 16.7 Å². The Morgan fingerprint density at radius 1 is 1.32 bits per heavy atom. The molecule has 5 heteroatoms. The van der Waals surface area contributed by atoms with Gasteiger partial charge >= 0.3 is 5.97 Å². The van der Waals surface area contributed by atoms with Crippen molar-refractivity contribution in [1.29, 1.82) is 0 Å². The molecule has 2 aromatic rings. The maximum atomic E-state index is 11.6. The van der Waals surface area contributed by atoms with E-state index in [4.69, 9.17) is 9.47 Å². The van der Waals surface area contributed by atoms with Crippen LogP contribution in [-0.4, -0.2) is 17.6 Å². The predicted octanol–water partition coefficient (Wildman–Crippen LogP) is 3.81. The molecule has 0 aliphatic heterocycles. The van der Waals surface area contributed by atoms with Crippen LogP contribution in [0.4, 0.5) is 0 Å². The van der Waals surface area contributed by atoms with Crippen LogP contribution >= 0.6 is 15.9 Å². The Morgan fingerprint density at radius 3 is 2.89 bits per heavy atom. The zero-order valence-corrected chi connectivity index (χ0v) is 11.9. The summed E-state index contributed by atoms with van der Waals surface area (Å²) < 4.78 is 11.4. The lowest BCUT2D eigenvalue weighted by molar-refractivity contribution is 0.0526. The first-order valence-electron chi connectivity index (χ1n) is 5.75. The van der Waals surface area contributed by atoms with Gasteiger partial charge in [-0.25, -0.2) is 9.78 Å². The number of ether oxygens (including phenoxy) is 2. The second-order valence-corrected chi connectivity index (χ2v) is 4.58. The number of hydrogen-bond acceptors (Lipinski definition) is 4. The van der Waals surface area contributed by atoms with Gasteiger partial charge in [-0.3, -0.25) is 0 Å². The van der Waals surface area contributed by atoms with Gasteiger partial charge < -0.3 is 9.47 Å². The van der Waals surface area contributed by atoms with Gasteiger partial charge in [-0.1, -0.05) is 22.0 Å². The molecule has 0 amide bonds. The van der Waals surface area contributed by atoms with E-state index in [1.54, 1.807) is 19.1 Å². The number of carbonyl (C=O) groups is 1. The van der Waals surface area contributed by atoms with E-state index in [1.807, 2.05) is 24.3 Å². The van der Waals surface area contributed by atoms with E-state index in [9.17, 15) is 4.79 Å². The van der Waals surface area contributed by atoms with E-state index in [2.05, 4.69) is 20.9 Å². The molecule has 1 aromatic heterocycles. The number of rotatable bonds is 4. The first-order valence-corrected chi connectivity index (χ1v) is 6.55. The lowest BCUT2D eigenvalue weighted by atomic mass is 10.3. The number of carbonyl (C=O) groups excluding carboxylic acids is 1. The van der Waals surface area contributed by atoms with Crippen LogP contribution in [0.5, 0.6) is 11.6 Å². The summed E-state index contributed by atoms with van der Waals surface area (Å²) in [6.07, 6.45) is 1.51. The molecule has 0 N–H and O–H groups in total. The minimum atomic E-state index is -0.385. The van der Waals surface area contributed by atoms with Gasteiger partial charge in [0.25, 0.3) is 0 Å². The molecule has 4 nitrogen and oxygen atoms in total. The maximum Gasteiger partial charge on any atom is 0.338 e. The molecule has 1 heterocycles. The Balaban J connectivity index is 2.17. The number of aromatic nitrogens is 1. The number of esters is 1. The number of hydrogen-bond donors (Lipinski definition) is 0. The average molecular weight is 322 g/mol. The third-order valence-corrected chi connectivity index (χ3v) is 2.76. The highest BCUT2D eigenvalue weighted by molar-refractivity contribution is 9.10. The molecule has 0 saturated heterocycles. The van der Waals surface area contributed by atoms with Crippen LogP contribution in [0.1, 0.15) is 17.3 Å². The number of halogens is 1. The third-order valence-electron chi connectivity index (χ3n) is 2.26. The van der Waals surface area contributed by atoms with E-state index < -0.39 is 0 Å². The predicted molar refractivity (Wildman–Crippen MR) is 74.4 cm³/mol. The summed E-state index contributed by atoms with van der Waals surface area (Å²) in [6, 6.07) is 10.5. The van der Waals surface area contributed by atoms with E-state index in [-0.39, 0.29) is 5.97 Å². The summed E-state index contributed by atoms with van der Waals surface area (Å²) in [5.74, 6) is 0.607. The van der Waals surface area contributed by atoms with Crippen molar-refractivity contribution in [3.63, 3.8) is 0 Å². The molecule has 0 atom stereocenters. The Hall–Kier alpha value is -1.88. The number of pyridine rings is 1. The first-order chi connectivity index (χ1) is 9.19. The molecular weight excluding hydrogens is 310 g/mol. The fourth-order valence-corrected chi connectivity index (χ4v) is 1.84. The van der Waals surface area contributed by atoms with Crippen molar-refractivity contribution in [2.75, 3.05) is 6.61 Å². The largest absolute Gasteiger partial charge is 0.462 e. The molecule has 1 aromatic carbocycles. The smallest absolute Gasteiger partial charge is 0.338 e. The highest BCUT2D eigenvalue weighted by Crippen LogP contribution is 2.23. The Labute approximate surface area is 119 Å². The van der Waals surface area contributed by atoms with Crippen molar-refractivity contribution >= 4 is 21.9 Å². The summed E-state index contributed by atoms with van der Waals surface area (Å²) in [7, 11) is 0. The topological polar surface area (TPSA) is 48.4 Å². The second-order valence-electron chi connectivity index (χ2n) is 3.66. The van der Waals surface area contributed by atoms with Gasteiger partial charge in [0.15, 0.2) is 0 Å². The van der Waals surface area contributed by atoms with Gasteiger partial charge in [-0.15, -0.1) is 0 Å². The Bertz CT molecular complexity index is 586. The van der Waals surface area contributed by atoms with E-state index in [1.165, 1.54) is 6.20 Å². The molecule has 0 unspecified atom stereocenters. The normalized spacial score (nSPS) is 10.0. The van der Waals surface area contributed by atoms with Gasteiger partial charge in [-0.2, -0.15) is 0 Å². The van der Waals surface area contributed by atoms with Crippen molar-refractivity contribution in [3.05, 3.63) is 52.6 Å². The molecule has 0 saturated carbocycles. The van der Waals surface area contributed by atoms with Crippen LogP contribution in [0, 0.1) is 0 Å². The molecule has 19 heavy (non-hydrogen) atoms. The van der Waals surface area contributed by atoms with Crippen LogP contribution < -0.4 is 4.74 Å². The molecule has 98 valence electrons. The standard InChI is InChI=1S/C14H12BrNO3/c1-2-18-14(17)10-6-7-16-13(8-10)19-12-5-3-4-11(15)9-12/h3-9H,2H2,1H3. The van der Waals surface area contributed by atoms with Gasteiger partial charge in [0.1, 0.15) is 5.75 Å². The van der Waals surface area contributed by atoms with E-state index in [0.29, 0.717) is 23.8 Å². The monoisotopic (exact) mass is 321 g/mol. The summed E-state index contributed by atoms with van der Waals surface area (Å²) in [5, 5.41) is 0. The van der Waals surface area contributed by atoms with Crippen molar-refractivity contribution in [2.45, 2.75) is 6.92 Å². The lowest BCUT2D eigenvalue weighted by Gasteiger charge is -2.06. The minimum Gasteiger partial charge on any atom is -0.462 e. The molecule has 0 bridgehead atoms. The molecule has 2 rings (SSSR count). The van der Waals surface area contributed by atoms with Crippen LogP contribution in [0.15, 0.2) is 47.1 Å². The minimum absolute atomic E-state index is 0.336. The van der Waals surface area contributed by atoms with Crippen molar-refractivity contribution < 1.29 is 14.3 Å². The summed E-state index contributed by atoms with van der Waals surface area (Å²) >= 11 is 3.36. The average Bonchev–Trinajstić information content (AvgIpc) is 2.39. The zero-order chi connectivity index (χ0) is 13.7. The van der Waals surface area contributed by atoms with Gasteiger partial charge in [-0.05, 0) is 31.2 Å². The number of nitrogens with zero attached hydrogens (tertiary/aromatic N) is 1. The quantitative estimate of drug-likeness (QED) is 0.803. The highest BCUT2D eigenvalue weighted by Gasteiger charge is 2.08. The lowest BCUT2D eigenvalue weighted by Crippen LogP contribution is -2.04. The van der Waals surface area contributed by atoms with Crippen LogP contribution in [-0.2, 0) is 4.74 Å².